The Bertz CT molecular complexity index is 706. The van der Waals surface area contributed by atoms with E-state index in [0.717, 1.165) is 5.56 Å². The lowest BCUT2D eigenvalue weighted by atomic mass is 10.0. The van der Waals surface area contributed by atoms with E-state index in [9.17, 15) is 13.6 Å². The highest BCUT2D eigenvalue weighted by Gasteiger charge is 2.37. The van der Waals surface area contributed by atoms with Gasteiger partial charge in [-0.3, -0.25) is 4.79 Å². The Morgan fingerprint density at radius 2 is 1.71 bits per heavy atom. The fourth-order valence-corrected chi connectivity index (χ4v) is 2.28. The van der Waals surface area contributed by atoms with Crippen molar-refractivity contribution in [1.29, 1.82) is 5.26 Å². The number of aryl methyl sites for hydroxylation is 1. The number of anilines is 1. The molecule has 0 radical (unpaired) electrons. The fraction of sp³-hybridized carbons (Fsp3) is 0.263. The predicted octanol–water partition coefficient (Wildman–Crippen LogP) is 4.55. The van der Waals surface area contributed by atoms with Crippen molar-refractivity contribution in [2.24, 2.45) is 0 Å². The molecule has 124 valence electrons. The second kappa shape index (κ2) is 8.21. The minimum Gasteiger partial charge on any atom is -0.321 e. The number of benzene rings is 2. The topological polar surface area (TPSA) is 52.9 Å². The van der Waals surface area contributed by atoms with Gasteiger partial charge in [-0.05, 0) is 49.1 Å². The van der Waals surface area contributed by atoms with E-state index in [2.05, 4.69) is 5.32 Å². The monoisotopic (exact) mass is 328 g/mol. The van der Waals surface area contributed by atoms with E-state index in [-0.39, 0.29) is 12.1 Å². The Morgan fingerprint density at radius 3 is 2.33 bits per heavy atom. The molecule has 0 aromatic heterocycles. The van der Waals surface area contributed by atoms with Crippen LogP contribution in [0.1, 0.15) is 30.4 Å². The number of nitriles is 1. The first-order valence-corrected chi connectivity index (χ1v) is 7.74. The molecule has 0 atom stereocenters. The van der Waals surface area contributed by atoms with Gasteiger partial charge in [0.05, 0.1) is 11.6 Å². The van der Waals surface area contributed by atoms with Gasteiger partial charge in [-0.1, -0.05) is 30.3 Å². The minimum atomic E-state index is -3.41. The maximum Gasteiger partial charge on any atom is 0.324 e. The molecule has 0 saturated carbocycles. The summed E-state index contributed by atoms with van der Waals surface area (Å²) < 4.78 is 27.8. The highest BCUT2D eigenvalue weighted by atomic mass is 19.3. The number of unbranched alkanes of at least 4 members (excludes halogenated alkanes) is 1. The van der Waals surface area contributed by atoms with E-state index in [4.69, 9.17) is 5.26 Å². The lowest BCUT2D eigenvalue weighted by Crippen LogP contribution is -2.34. The molecule has 1 N–H and O–H groups in total. The zero-order chi connectivity index (χ0) is 17.4. The van der Waals surface area contributed by atoms with Gasteiger partial charge in [0.25, 0.3) is 5.91 Å². The minimum absolute atomic E-state index is 0.253. The van der Waals surface area contributed by atoms with Crippen LogP contribution in [0.25, 0.3) is 0 Å². The van der Waals surface area contributed by atoms with Gasteiger partial charge in [0.2, 0.25) is 0 Å². The summed E-state index contributed by atoms with van der Waals surface area (Å²) in [7, 11) is 0. The molecule has 0 heterocycles. The molecule has 2 aromatic carbocycles. The first kappa shape index (κ1) is 17.6. The number of nitrogens with zero attached hydrogens (tertiary/aromatic N) is 1. The molecule has 0 fully saturated rings. The van der Waals surface area contributed by atoms with Crippen LogP contribution >= 0.6 is 0 Å². The molecule has 0 bridgehead atoms. The number of halogens is 2. The van der Waals surface area contributed by atoms with Crippen molar-refractivity contribution in [1.82, 2.24) is 0 Å². The van der Waals surface area contributed by atoms with Crippen LogP contribution in [0.3, 0.4) is 0 Å². The number of amides is 1. The van der Waals surface area contributed by atoms with Gasteiger partial charge in [0.1, 0.15) is 0 Å². The standard InChI is InChI=1S/C19H18F2N2O/c20-19(21,13-5-4-8-15-6-2-1-3-7-15)18(24)23-17-11-9-16(14-22)10-12-17/h1-3,6-7,9-12H,4-5,8,13H2,(H,23,24). The lowest BCUT2D eigenvalue weighted by molar-refractivity contribution is -0.140. The van der Waals surface area contributed by atoms with Crippen LogP contribution in [0.2, 0.25) is 0 Å². The number of hydrogen-bond acceptors (Lipinski definition) is 2. The molecule has 1 amide bonds. The predicted molar refractivity (Wildman–Crippen MR) is 88.7 cm³/mol. The van der Waals surface area contributed by atoms with Crippen LogP contribution in [0.5, 0.6) is 0 Å². The van der Waals surface area contributed by atoms with Crippen molar-refractivity contribution in [3.63, 3.8) is 0 Å². The number of nitrogens with one attached hydrogen (secondary N) is 1. The molecule has 0 saturated heterocycles. The third-order valence-corrected chi connectivity index (χ3v) is 3.65. The van der Waals surface area contributed by atoms with E-state index in [1.54, 1.807) is 0 Å². The third-order valence-electron chi connectivity index (χ3n) is 3.65. The average Bonchev–Trinajstić information content (AvgIpc) is 2.60. The van der Waals surface area contributed by atoms with Crippen molar-refractivity contribution in [3.05, 3.63) is 65.7 Å². The first-order valence-electron chi connectivity index (χ1n) is 7.74. The van der Waals surface area contributed by atoms with Gasteiger partial charge in [-0.15, -0.1) is 0 Å². The van der Waals surface area contributed by atoms with E-state index in [1.165, 1.54) is 24.3 Å². The maximum absolute atomic E-state index is 13.9. The molecule has 2 aromatic rings. The number of carbonyl (C=O) groups excluding carboxylic acids is 1. The molecule has 5 heteroatoms. The number of hydrogen-bond donors (Lipinski definition) is 1. The van der Waals surface area contributed by atoms with Crippen LogP contribution in [0.4, 0.5) is 14.5 Å². The summed E-state index contributed by atoms with van der Waals surface area (Å²) in [5, 5.41) is 10.9. The second-order valence-corrected chi connectivity index (χ2v) is 5.54. The number of alkyl halides is 2. The SMILES string of the molecule is N#Cc1ccc(NC(=O)C(F)(F)CCCCc2ccccc2)cc1. The quantitative estimate of drug-likeness (QED) is 0.758. The molecule has 0 aliphatic carbocycles. The summed E-state index contributed by atoms with van der Waals surface area (Å²) >= 11 is 0. The van der Waals surface area contributed by atoms with Gasteiger partial charge < -0.3 is 5.32 Å². The Labute approximate surface area is 139 Å². The van der Waals surface area contributed by atoms with E-state index < -0.39 is 18.3 Å². The number of carbonyl (C=O) groups is 1. The molecule has 0 aliphatic heterocycles. The van der Waals surface area contributed by atoms with E-state index in [0.29, 0.717) is 18.4 Å². The van der Waals surface area contributed by atoms with Gasteiger partial charge in [-0.25, -0.2) is 0 Å². The summed E-state index contributed by atoms with van der Waals surface area (Å²) in [5.41, 5.74) is 1.76. The van der Waals surface area contributed by atoms with Crippen molar-refractivity contribution < 1.29 is 13.6 Å². The molecule has 0 aliphatic rings. The number of rotatable bonds is 7. The van der Waals surface area contributed by atoms with Crippen molar-refractivity contribution in [2.45, 2.75) is 31.6 Å². The summed E-state index contributed by atoms with van der Waals surface area (Å²) in [6.07, 6.45) is 1.10. The zero-order valence-corrected chi connectivity index (χ0v) is 13.1. The van der Waals surface area contributed by atoms with Gasteiger partial charge in [0.15, 0.2) is 0 Å². The lowest BCUT2D eigenvalue weighted by Gasteiger charge is -2.16. The summed E-state index contributed by atoms with van der Waals surface area (Å²) in [4.78, 5) is 11.7. The van der Waals surface area contributed by atoms with Crippen LogP contribution in [0.15, 0.2) is 54.6 Å². The maximum atomic E-state index is 13.9. The molecule has 0 spiro atoms. The van der Waals surface area contributed by atoms with Crippen molar-refractivity contribution >= 4 is 11.6 Å². The Balaban J connectivity index is 1.80. The third kappa shape index (κ3) is 5.17. The Morgan fingerprint density at radius 1 is 1.04 bits per heavy atom. The summed E-state index contributed by atoms with van der Waals surface area (Å²) in [6.45, 7) is 0. The normalized spacial score (nSPS) is 10.9. The largest absolute Gasteiger partial charge is 0.324 e. The molecule has 3 nitrogen and oxygen atoms in total. The Kier molecular flexibility index (Phi) is 6.02. The van der Waals surface area contributed by atoms with Crippen molar-refractivity contribution in [2.75, 3.05) is 5.32 Å². The van der Waals surface area contributed by atoms with Crippen LogP contribution in [-0.4, -0.2) is 11.8 Å². The van der Waals surface area contributed by atoms with Gasteiger partial charge >= 0.3 is 5.92 Å². The Hall–Kier alpha value is -2.74. The molecule has 24 heavy (non-hydrogen) atoms. The molecule has 0 unspecified atom stereocenters. The second-order valence-electron chi connectivity index (χ2n) is 5.54. The van der Waals surface area contributed by atoms with Gasteiger partial charge in [0, 0.05) is 12.1 Å². The van der Waals surface area contributed by atoms with Crippen molar-refractivity contribution in [3.8, 4) is 6.07 Å². The highest BCUT2D eigenvalue weighted by molar-refractivity contribution is 5.96. The van der Waals surface area contributed by atoms with E-state index >= 15 is 0 Å². The molecular formula is C19H18F2N2O. The molecule has 2 rings (SSSR count). The fourth-order valence-electron chi connectivity index (χ4n) is 2.28. The summed E-state index contributed by atoms with van der Waals surface area (Å²) in [6, 6.07) is 17.4. The zero-order valence-electron chi connectivity index (χ0n) is 13.1. The molecular weight excluding hydrogens is 310 g/mol. The first-order chi connectivity index (χ1) is 11.5. The van der Waals surface area contributed by atoms with Crippen LogP contribution in [-0.2, 0) is 11.2 Å². The van der Waals surface area contributed by atoms with Gasteiger partial charge in [-0.2, -0.15) is 14.0 Å². The smallest absolute Gasteiger partial charge is 0.321 e. The van der Waals surface area contributed by atoms with Crippen LogP contribution in [0, 0.1) is 11.3 Å². The van der Waals surface area contributed by atoms with E-state index in [1.807, 2.05) is 36.4 Å². The average molecular weight is 328 g/mol. The van der Waals surface area contributed by atoms with Crippen LogP contribution < -0.4 is 5.32 Å². The highest BCUT2D eigenvalue weighted by Crippen LogP contribution is 2.24. The summed E-state index contributed by atoms with van der Waals surface area (Å²) in [5.74, 6) is -4.73.